The minimum atomic E-state index is -0.297. The van der Waals surface area contributed by atoms with Crippen molar-refractivity contribution in [3.8, 4) is 0 Å². The molecule has 104 valence electrons. The van der Waals surface area contributed by atoms with Gasteiger partial charge >= 0.3 is 0 Å². The van der Waals surface area contributed by atoms with E-state index in [4.69, 9.17) is 0 Å². The predicted molar refractivity (Wildman–Crippen MR) is 79.1 cm³/mol. The molecule has 5 heteroatoms. The Labute approximate surface area is 122 Å². The average Bonchev–Trinajstić information content (AvgIpc) is 2.22. The van der Waals surface area contributed by atoms with Crippen LogP contribution >= 0.6 is 15.9 Å². The maximum Gasteiger partial charge on any atom is 0.251 e. The Morgan fingerprint density at radius 3 is 2.37 bits per heavy atom. The van der Waals surface area contributed by atoms with E-state index in [2.05, 4.69) is 26.6 Å². The van der Waals surface area contributed by atoms with Gasteiger partial charge in [0.2, 0.25) is 5.91 Å². The highest BCUT2D eigenvalue weighted by molar-refractivity contribution is 9.10. The van der Waals surface area contributed by atoms with E-state index < -0.39 is 0 Å². The second-order valence-corrected chi connectivity index (χ2v) is 6.41. The van der Waals surface area contributed by atoms with Crippen LogP contribution in [-0.2, 0) is 4.79 Å². The highest BCUT2D eigenvalue weighted by atomic mass is 79.9. The first-order valence-corrected chi connectivity index (χ1v) is 6.83. The van der Waals surface area contributed by atoms with Crippen molar-refractivity contribution < 1.29 is 9.59 Å². The Balaban J connectivity index is 2.58. The Morgan fingerprint density at radius 1 is 1.21 bits per heavy atom. The molecule has 2 amide bonds. The fraction of sp³-hybridized carbons (Fsp3) is 0.429. The molecule has 0 saturated carbocycles. The lowest BCUT2D eigenvalue weighted by Crippen LogP contribution is -2.45. The molecule has 2 N–H and O–H groups in total. The number of hydrogen-bond acceptors (Lipinski definition) is 2. The number of carbonyl (C=O) groups excluding carboxylic acids is 2. The first-order valence-electron chi connectivity index (χ1n) is 6.04. The summed E-state index contributed by atoms with van der Waals surface area (Å²) in [6, 6.07) is 5.43. The van der Waals surface area contributed by atoms with Crippen LogP contribution in [0.15, 0.2) is 22.7 Å². The number of carbonyl (C=O) groups is 2. The van der Waals surface area contributed by atoms with Crippen LogP contribution in [-0.4, -0.2) is 23.9 Å². The molecule has 4 nitrogen and oxygen atoms in total. The molecule has 0 heterocycles. The molecule has 0 aliphatic carbocycles. The third kappa shape index (κ3) is 5.87. The second kappa shape index (κ2) is 6.19. The SMILES string of the molecule is Cc1cc(Br)cc(C(=O)NCC(=O)NC(C)(C)C)c1. The monoisotopic (exact) mass is 326 g/mol. The maximum absolute atomic E-state index is 11.9. The third-order valence-electron chi connectivity index (χ3n) is 2.23. The lowest BCUT2D eigenvalue weighted by atomic mass is 10.1. The Hall–Kier alpha value is -1.36. The Bertz CT molecular complexity index is 472. The van der Waals surface area contributed by atoms with Crippen molar-refractivity contribution in [2.45, 2.75) is 33.2 Å². The van der Waals surface area contributed by atoms with Gasteiger partial charge in [-0.05, 0) is 51.5 Å². The molecular formula is C14H19BrN2O2. The van der Waals surface area contributed by atoms with Crippen molar-refractivity contribution in [2.75, 3.05) is 6.54 Å². The smallest absolute Gasteiger partial charge is 0.251 e. The summed E-state index contributed by atoms with van der Waals surface area (Å²) in [6.45, 7) is 7.56. The van der Waals surface area contributed by atoms with Crippen molar-refractivity contribution in [1.29, 1.82) is 0 Å². The molecule has 1 aromatic carbocycles. The minimum Gasteiger partial charge on any atom is -0.350 e. The predicted octanol–water partition coefficient (Wildman–Crippen LogP) is 2.40. The Morgan fingerprint density at radius 2 is 1.84 bits per heavy atom. The molecule has 0 aliphatic rings. The zero-order chi connectivity index (χ0) is 14.6. The molecule has 0 fully saturated rings. The third-order valence-corrected chi connectivity index (χ3v) is 2.69. The fourth-order valence-corrected chi connectivity index (χ4v) is 2.20. The molecule has 0 aromatic heterocycles. The number of halogens is 1. The molecule has 0 radical (unpaired) electrons. The number of nitrogens with one attached hydrogen (secondary N) is 2. The molecule has 0 unspecified atom stereocenters. The maximum atomic E-state index is 11.9. The standard InChI is InChI=1S/C14H19BrN2O2/c1-9-5-10(7-11(15)6-9)13(19)16-8-12(18)17-14(2,3)4/h5-7H,8H2,1-4H3,(H,16,19)(H,17,18). The van der Waals surface area contributed by atoms with Gasteiger partial charge in [-0.15, -0.1) is 0 Å². The minimum absolute atomic E-state index is 0.0261. The second-order valence-electron chi connectivity index (χ2n) is 5.50. The number of rotatable bonds is 3. The van der Waals surface area contributed by atoms with Gasteiger partial charge < -0.3 is 10.6 Å². The summed E-state index contributed by atoms with van der Waals surface area (Å²) in [5.41, 5.74) is 1.22. The first-order chi connectivity index (χ1) is 8.67. The van der Waals surface area contributed by atoms with Crippen molar-refractivity contribution in [2.24, 2.45) is 0 Å². The zero-order valence-corrected chi connectivity index (χ0v) is 13.2. The summed E-state index contributed by atoms with van der Waals surface area (Å²) in [5, 5.41) is 5.39. The van der Waals surface area contributed by atoms with Gasteiger partial charge in [0.15, 0.2) is 0 Å². The highest BCUT2D eigenvalue weighted by Gasteiger charge is 2.14. The molecular weight excluding hydrogens is 308 g/mol. The summed E-state index contributed by atoms with van der Waals surface area (Å²) in [5.74, 6) is -0.457. The molecule has 1 aromatic rings. The summed E-state index contributed by atoms with van der Waals surface area (Å²) in [6.07, 6.45) is 0. The summed E-state index contributed by atoms with van der Waals surface area (Å²) < 4.78 is 0.844. The molecule has 0 aliphatic heterocycles. The van der Waals surface area contributed by atoms with Crippen molar-refractivity contribution in [3.63, 3.8) is 0 Å². The molecule has 0 saturated heterocycles. The van der Waals surface area contributed by atoms with Crippen molar-refractivity contribution >= 4 is 27.7 Å². The number of benzene rings is 1. The molecule has 19 heavy (non-hydrogen) atoms. The van der Waals surface area contributed by atoms with Crippen LogP contribution in [0.1, 0.15) is 36.7 Å². The van der Waals surface area contributed by atoms with Gasteiger partial charge in [-0.2, -0.15) is 0 Å². The molecule has 0 atom stereocenters. The van der Waals surface area contributed by atoms with Gasteiger partial charge in [0.1, 0.15) is 0 Å². The van der Waals surface area contributed by atoms with E-state index in [9.17, 15) is 9.59 Å². The normalized spacial score (nSPS) is 11.0. The van der Waals surface area contributed by atoms with Crippen molar-refractivity contribution in [1.82, 2.24) is 10.6 Å². The van der Waals surface area contributed by atoms with Gasteiger partial charge in [0.25, 0.3) is 5.91 Å². The van der Waals surface area contributed by atoms with Crippen LogP contribution in [0.2, 0.25) is 0 Å². The molecule has 0 bridgehead atoms. The van der Waals surface area contributed by atoms with Gasteiger partial charge in [-0.25, -0.2) is 0 Å². The molecule has 0 spiro atoms. The summed E-state index contributed by atoms with van der Waals surface area (Å²) >= 11 is 3.34. The fourth-order valence-electron chi connectivity index (χ4n) is 1.59. The van der Waals surface area contributed by atoms with Crippen LogP contribution in [0.5, 0.6) is 0 Å². The van der Waals surface area contributed by atoms with E-state index in [0.29, 0.717) is 5.56 Å². The van der Waals surface area contributed by atoms with Gasteiger partial charge in [-0.1, -0.05) is 15.9 Å². The van der Waals surface area contributed by atoms with Gasteiger partial charge in [-0.3, -0.25) is 9.59 Å². The van der Waals surface area contributed by atoms with Crippen LogP contribution in [0.4, 0.5) is 0 Å². The quantitative estimate of drug-likeness (QED) is 0.896. The van der Waals surface area contributed by atoms with E-state index in [1.807, 2.05) is 33.8 Å². The van der Waals surface area contributed by atoms with Crippen LogP contribution in [0.25, 0.3) is 0 Å². The highest BCUT2D eigenvalue weighted by Crippen LogP contribution is 2.15. The average molecular weight is 327 g/mol. The van der Waals surface area contributed by atoms with Crippen LogP contribution in [0.3, 0.4) is 0 Å². The van der Waals surface area contributed by atoms with Gasteiger partial charge in [0, 0.05) is 15.6 Å². The largest absolute Gasteiger partial charge is 0.350 e. The van der Waals surface area contributed by atoms with E-state index in [-0.39, 0.29) is 23.9 Å². The first kappa shape index (κ1) is 15.7. The van der Waals surface area contributed by atoms with E-state index in [0.717, 1.165) is 10.0 Å². The van der Waals surface area contributed by atoms with Crippen LogP contribution in [0, 0.1) is 6.92 Å². The van der Waals surface area contributed by atoms with E-state index in [1.54, 1.807) is 12.1 Å². The Kier molecular flexibility index (Phi) is 5.11. The zero-order valence-electron chi connectivity index (χ0n) is 11.6. The lowest BCUT2D eigenvalue weighted by Gasteiger charge is -2.20. The number of amides is 2. The van der Waals surface area contributed by atoms with Crippen LogP contribution < -0.4 is 10.6 Å². The van der Waals surface area contributed by atoms with Gasteiger partial charge in [0.05, 0.1) is 6.54 Å². The summed E-state index contributed by atoms with van der Waals surface area (Å²) in [7, 11) is 0. The van der Waals surface area contributed by atoms with E-state index in [1.165, 1.54) is 0 Å². The topological polar surface area (TPSA) is 58.2 Å². The van der Waals surface area contributed by atoms with E-state index >= 15 is 0 Å². The number of hydrogen-bond donors (Lipinski definition) is 2. The summed E-state index contributed by atoms with van der Waals surface area (Å²) in [4.78, 5) is 23.5. The number of aryl methyl sites for hydroxylation is 1. The lowest BCUT2D eigenvalue weighted by molar-refractivity contribution is -0.121. The molecule has 1 rings (SSSR count). The van der Waals surface area contributed by atoms with Crippen molar-refractivity contribution in [3.05, 3.63) is 33.8 Å².